The summed E-state index contributed by atoms with van der Waals surface area (Å²) in [5.41, 5.74) is 7.87. The normalized spacial score (nSPS) is 39.5. The molecule has 4 fully saturated rings. The van der Waals surface area contributed by atoms with Gasteiger partial charge in [-0.15, -0.1) is 0 Å². The standard InChI is InChI=1S/C17H23NO/c1-10-4-15(2-3-16(10)18)19-17-13-6-11-5-12(8-13)9-14(17)7-11/h2-4,11-14,17H,5-9,18H2,1H3. The number of aryl methyl sites for hydroxylation is 1. The Hall–Kier alpha value is -1.18. The minimum atomic E-state index is 0.468. The quantitative estimate of drug-likeness (QED) is 0.818. The van der Waals surface area contributed by atoms with Crippen molar-refractivity contribution in [3.63, 3.8) is 0 Å². The van der Waals surface area contributed by atoms with Gasteiger partial charge in [0.15, 0.2) is 0 Å². The molecule has 2 nitrogen and oxygen atoms in total. The smallest absolute Gasteiger partial charge is 0.120 e. The molecule has 2 heteroatoms. The van der Waals surface area contributed by atoms with Crippen molar-refractivity contribution in [2.24, 2.45) is 23.7 Å². The predicted octanol–water partition coefficient (Wildman–Crippen LogP) is 3.78. The van der Waals surface area contributed by atoms with Gasteiger partial charge < -0.3 is 10.5 Å². The zero-order valence-corrected chi connectivity index (χ0v) is 11.6. The van der Waals surface area contributed by atoms with Crippen molar-refractivity contribution in [2.75, 3.05) is 5.73 Å². The number of anilines is 1. The third-order valence-electron chi connectivity index (χ3n) is 5.65. The van der Waals surface area contributed by atoms with E-state index in [2.05, 4.69) is 13.0 Å². The molecule has 1 aromatic carbocycles. The molecule has 4 aliphatic rings. The van der Waals surface area contributed by atoms with Gasteiger partial charge in [0.05, 0.1) is 0 Å². The van der Waals surface area contributed by atoms with Crippen molar-refractivity contribution in [2.45, 2.75) is 45.1 Å². The van der Waals surface area contributed by atoms with Crippen LogP contribution < -0.4 is 10.5 Å². The number of nitrogens with two attached hydrogens (primary N) is 1. The molecule has 4 bridgehead atoms. The number of ether oxygens (including phenoxy) is 1. The molecule has 5 rings (SSSR count). The van der Waals surface area contributed by atoms with Crippen molar-refractivity contribution < 1.29 is 4.74 Å². The maximum absolute atomic E-state index is 6.37. The Balaban J connectivity index is 1.55. The lowest BCUT2D eigenvalue weighted by molar-refractivity contribution is -0.0789. The molecule has 0 aromatic heterocycles. The summed E-state index contributed by atoms with van der Waals surface area (Å²) < 4.78 is 6.37. The molecule has 19 heavy (non-hydrogen) atoms. The number of hydrogen-bond acceptors (Lipinski definition) is 2. The first-order valence-electron chi connectivity index (χ1n) is 7.72. The summed E-state index contributed by atoms with van der Waals surface area (Å²) in [7, 11) is 0. The van der Waals surface area contributed by atoms with E-state index in [1.54, 1.807) is 0 Å². The monoisotopic (exact) mass is 257 g/mol. The molecule has 0 spiro atoms. The fraction of sp³-hybridized carbons (Fsp3) is 0.647. The molecule has 1 aromatic rings. The molecule has 0 aliphatic heterocycles. The highest BCUT2D eigenvalue weighted by molar-refractivity contribution is 5.49. The molecule has 0 unspecified atom stereocenters. The highest BCUT2D eigenvalue weighted by Crippen LogP contribution is 2.54. The first-order valence-corrected chi connectivity index (χ1v) is 7.72. The Kier molecular flexibility index (Phi) is 2.54. The van der Waals surface area contributed by atoms with Gasteiger partial charge in [0.2, 0.25) is 0 Å². The van der Waals surface area contributed by atoms with E-state index in [0.29, 0.717) is 6.10 Å². The van der Waals surface area contributed by atoms with Crippen molar-refractivity contribution in [1.82, 2.24) is 0 Å². The van der Waals surface area contributed by atoms with E-state index in [9.17, 15) is 0 Å². The number of hydrogen-bond donors (Lipinski definition) is 1. The van der Waals surface area contributed by atoms with Crippen LogP contribution in [0.4, 0.5) is 5.69 Å². The van der Waals surface area contributed by atoms with Crippen LogP contribution in [0.1, 0.15) is 37.7 Å². The third-order valence-corrected chi connectivity index (χ3v) is 5.65. The lowest BCUT2D eigenvalue weighted by atomic mass is 9.55. The van der Waals surface area contributed by atoms with E-state index < -0.39 is 0 Å². The minimum Gasteiger partial charge on any atom is -0.490 e. The zero-order chi connectivity index (χ0) is 13.0. The van der Waals surface area contributed by atoms with Gasteiger partial charge in [-0.2, -0.15) is 0 Å². The van der Waals surface area contributed by atoms with Crippen LogP contribution in [0.3, 0.4) is 0 Å². The zero-order valence-electron chi connectivity index (χ0n) is 11.6. The van der Waals surface area contributed by atoms with Crippen LogP contribution in [0.25, 0.3) is 0 Å². The van der Waals surface area contributed by atoms with Gasteiger partial charge in [0, 0.05) is 5.69 Å². The van der Waals surface area contributed by atoms with E-state index in [4.69, 9.17) is 10.5 Å². The third kappa shape index (κ3) is 1.92. The molecule has 4 saturated carbocycles. The first-order chi connectivity index (χ1) is 9.19. The Bertz CT molecular complexity index is 468. The maximum Gasteiger partial charge on any atom is 0.120 e. The van der Waals surface area contributed by atoms with Gasteiger partial charge in [-0.25, -0.2) is 0 Å². The summed E-state index contributed by atoms with van der Waals surface area (Å²) in [4.78, 5) is 0. The maximum atomic E-state index is 6.37. The molecular formula is C17H23NO. The van der Waals surface area contributed by atoms with Crippen LogP contribution in [0.5, 0.6) is 5.75 Å². The van der Waals surface area contributed by atoms with Gasteiger partial charge in [-0.3, -0.25) is 0 Å². The van der Waals surface area contributed by atoms with Crippen LogP contribution >= 0.6 is 0 Å². The van der Waals surface area contributed by atoms with Gasteiger partial charge in [0.25, 0.3) is 0 Å². The summed E-state index contributed by atoms with van der Waals surface area (Å²) in [6, 6.07) is 6.11. The molecule has 0 heterocycles. The molecule has 102 valence electrons. The lowest BCUT2D eigenvalue weighted by Gasteiger charge is -2.53. The fourth-order valence-electron chi connectivity index (χ4n) is 4.95. The largest absolute Gasteiger partial charge is 0.490 e. The van der Waals surface area contributed by atoms with E-state index >= 15 is 0 Å². The van der Waals surface area contributed by atoms with Crippen LogP contribution in [-0.4, -0.2) is 6.10 Å². The van der Waals surface area contributed by atoms with Gasteiger partial charge in [-0.05, 0) is 86.5 Å². The first kappa shape index (κ1) is 11.6. The number of rotatable bonds is 2. The lowest BCUT2D eigenvalue weighted by Crippen LogP contribution is -2.50. The molecule has 4 aliphatic carbocycles. The van der Waals surface area contributed by atoms with Crippen LogP contribution in [-0.2, 0) is 0 Å². The van der Waals surface area contributed by atoms with E-state index in [0.717, 1.165) is 40.7 Å². The highest BCUT2D eigenvalue weighted by Gasteiger charge is 2.49. The second-order valence-electron chi connectivity index (χ2n) is 7.03. The average Bonchev–Trinajstić information content (AvgIpc) is 2.37. The Morgan fingerprint density at radius 1 is 1.00 bits per heavy atom. The highest BCUT2D eigenvalue weighted by atomic mass is 16.5. The van der Waals surface area contributed by atoms with Crippen LogP contribution in [0, 0.1) is 30.6 Å². The fourth-order valence-corrected chi connectivity index (χ4v) is 4.95. The second-order valence-corrected chi connectivity index (χ2v) is 7.03. The summed E-state index contributed by atoms with van der Waals surface area (Å²) in [5.74, 6) is 4.67. The molecule has 0 radical (unpaired) electrons. The van der Waals surface area contributed by atoms with Crippen LogP contribution in [0.15, 0.2) is 18.2 Å². The number of benzene rings is 1. The second kappa shape index (κ2) is 4.16. The Morgan fingerprint density at radius 3 is 2.21 bits per heavy atom. The molecular weight excluding hydrogens is 234 g/mol. The van der Waals surface area contributed by atoms with E-state index in [-0.39, 0.29) is 0 Å². The molecule has 0 saturated heterocycles. The van der Waals surface area contributed by atoms with Crippen molar-refractivity contribution in [1.29, 1.82) is 0 Å². The van der Waals surface area contributed by atoms with Crippen molar-refractivity contribution >= 4 is 5.69 Å². The summed E-state index contributed by atoms with van der Waals surface area (Å²) in [5, 5.41) is 0. The average molecular weight is 257 g/mol. The van der Waals surface area contributed by atoms with Crippen molar-refractivity contribution in [3.05, 3.63) is 23.8 Å². The Labute approximate surface area is 115 Å². The molecule has 0 atom stereocenters. The van der Waals surface area contributed by atoms with Gasteiger partial charge >= 0.3 is 0 Å². The van der Waals surface area contributed by atoms with E-state index in [1.165, 1.54) is 32.1 Å². The van der Waals surface area contributed by atoms with Crippen LogP contribution in [0.2, 0.25) is 0 Å². The van der Waals surface area contributed by atoms with Gasteiger partial charge in [0.1, 0.15) is 11.9 Å². The molecule has 0 amide bonds. The Morgan fingerprint density at radius 2 is 1.63 bits per heavy atom. The summed E-state index contributed by atoms with van der Waals surface area (Å²) >= 11 is 0. The number of nitrogen functional groups attached to an aromatic ring is 1. The summed E-state index contributed by atoms with van der Waals surface area (Å²) in [6.45, 7) is 2.05. The SMILES string of the molecule is Cc1cc(OC2C3CC4CC(C3)CC2C4)ccc1N. The van der Waals surface area contributed by atoms with E-state index in [1.807, 2.05) is 12.1 Å². The molecule has 2 N–H and O–H groups in total. The summed E-state index contributed by atoms with van der Waals surface area (Å²) in [6.07, 6.45) is 7.60. The van der Waals surface area contributed by atoms with Gasteiger partial charge in [-0.1, -0.05) is 0 Å². The minimum absolute atomic E-state index is 0.468. The topological polar surface area (TPSA) is 35.2 Å². The van der Waals surface area contributed by atoms with Crippen molar-refractivity contribution in [3.8, 4) is 5.75 Å². The predicted molar refractivity (Wildman–Crippen MR) is 77.1 cm³/mol.